The monoisotopic (exact) mass is 437 g/mol. The third-order valence-corrected chi connectivity index (χ3v) is 7.47. The Hall–Kier alpha value is -0.860. The maximum Gasteiger partial charge on any atom is 0.241 e. The molecule has 0 atom stereocenters. The van der Waals surface area contributed by atoms with Gasteiger partial charge in [0.2, 0.25) is 5.91 Å². The van der Waals surface area contributed by atoms with Crippen molar-refractivity contribution >= 4 is 40.6 Å². The Kier molecular flexibility index (Phi) is 9.02. The molecule has 1 saturated heterocycles. The average molecular weight is 438 g/mol. The van der Waals surface area contributed by atoms with E-state index in [4.69, 9.17) is 0 Å². The number of benzene rings is 1. The first-order chi connectivity index (χ1) is 11.9. The van der Waals surface area contributed by atoms with E-state index in [2.05, 4.69) is 39.8 Å². The summed E-state index contributed by atoms with van der Waals surface area (Å²) in [7, 11) is -3.45. The first kappa shape index (κ1) is 24.2. The summed E-state index contributed by atoms with van der Waals surface area (Å²) >= 11 is 0. The second-order valence-corrected chi connectivity index (χ2v) is 9.39. The molecule has 0 bridgehead atoms. The van der Waals surface area contributed by atoms with Crippen molar-refractivity contribution in [3.63, 3.8) is 0 Å². The molecule has 154 valence electrons. The normalized spacial score (nSPS) is 19.1. The molecule has 27 heavy (non-hydrogen) atoms. The quantitative estimate of drug-likeness (QED) is 0.722. The van der Waals surface area contributed by atoms with E-state index >= 15 is 0 Å². The van der Waals surface area contributed by atoms with Crippen LogP contribution in [0.3, 0.4) is 0 Å². The molecule has 1 aromatic carbocycles. The summed E-state index contributed by atoms with van der Waals surface area (Å²) in [6.07, 6.45) is 2.88. The van der Waals surface area contributed by atoms with Gasteiger partial charge in [0.15, 0.2) is 14.6 Å². The number of carbonyl (C=O) groups is 1. The van der Waals surface area contributed by atoms with Gasteiger partial charge in [-0.25, -0.2) is 8.42 Å². The zero-order valence-corrected chi connectivity index (χ0v) is 18.0. The number of hydrogen-bond donors (Lipinski definition) is 2. The standard InChI is InChI=1S/C18H27N3O3S.2ClH/c1-25(23,24)18(7-9-19-10-8-18)17(22)20-11-13-21-12-6-15-4-2-3-5-16(15)14-21;;/h2-5,19H,6-14H2,1H3,(H,20,22);2*1H. The highest BCUT2D eigenvalue weighted by Crippen LogP contribution is 2.28. The minimum atomic E-state index is -3.45. The van der Waals surface area contributed by atoms with Crippen LogP contribution in [-0.4, -0.2) is 63.0 Å². The van der Waals surface area contributed by atoms with Crippen LogP contribution in [-0.2, 0) is 27.6 Å². The summed E-state index contributed by atoms with van der Waals surface area (Å²) in [5, 5.41) is 6.01. The maximum atomic E-state index is 12.7. The Morgan fingerprint density at radius 2 is 1.81 bits per heavy atom. The number of rotatable bonds is 5. The van der Waals surface area contributed by atoms with Gasteiger partial charge in [0.25, 0.3) is 0 Å². The fourth-order valence-corrected chi connectivity index (χ4v) is 5.19. The minimum Gasteiger partial charge on any atom is -0.353 e. The Bertz CT molecular complexity index is 737. The molecule has 2 N–H and O–H groups in total. The number of piperidine rings is 1. The Morgan fingerprint density at radius 1 is 1.19 bits per heavy atom. The van der Waals surface area contributed by atoms with Gasteiger partial charge in [0.05, 0.1) is 0 Å². The van der Waals surface area contributed by atoms with Crippen LogP contribution in [0.2, 0.25) is 0 Å². The number of fused-ring (bicyclic) bond motifs is 1. The van der Waals surface area contributed by atoms with E-state index in [1.807, 2.05) is 0 Å². The molecule has 2 heterocycles. The van der Waals surface area contributed by atoms with E-state index in [0.717, 1.165) is 26.1 Å². The summed E-state index contributed by atoms with van der Waals surface area (Å²) in [5.74, 6) is -0.339. The predicted molar refractivity (Wildman–Crippen MR) is 113 cm³/mol. The molecular weight excluding hydrogens is 409 g/mol. The van der Waals surface area contributed by atoms with Crippen LogP contribution in [0, 0.1) is 0 Å². The largest absolute Gasteiger partial charge is 0.353 e. The van der Waals surface area contributed by atoms with Crippen LogP contribution >= 0.6 is 24.8 Å². The van der Waals surface area contributed by atoms with Crippen molar-refractivity contribution < 1.29 is 13.2 Å². The third kappa shape index (κ3) is 5.35. The van der Waals surface area contributed by atoms with Crippen molar-refractivity contribution in [2.45, 2.75) is 30.6 Å². The lowest BCUT2D eigenvalue weighted by molar-refractivity contribution is -0.124. The van der Waals surface area contributed by atoms with E-state index in [-0.39, 0.29) is 30.7 Å². The maximum absolute atomic E-state index is 12.7. The van der Waals surface area contributed by atoms with E-state index in [9.17, 15) is 13.2 Å². The van der Waals surface area contributed by atoms with Crippen LogP contribution in [0.4, 0.5) is 0 Å². The zero-order chi connectivity index (χ0) is 17.9. The fourth-order valence-electron chi connectivity index (χ4n) is 3.83. The molecule has 0 aromatic heterocycles. The molecule has 3 rings (SSSR count). The lowest BCUT2D eigenvalue weighted by atomic mass is 9.96. The molecule has 1 fully saturated rings. The summed E-state index contributed by atoms with van der Waals surface area (Å²) in [4.78, 5) is 15.0. The number of nitrogens with one attached hydrogen (secondary N) is 2. The summed E-state index contributed by atoms with van der Waals surface area (Å²) < 4.78 is 23.2. The van der Waals surface area contributed by atoms with Crippen LogP contribution in [0.25, 0.3) is 0 Å². The van der Waals surface area contributed by atoms with Gasteiger partial charge in [-0.1, -0.05) is 24.3 Å². The molecule has 0 unspecified atom stereocenters. The summed E-state index contributed by atoms with van der Waals surface area (Å²) in [5.41, 5.74) is 2.74. The van der Waals surface area contributed by atoms with Crippen LogP contribution in [0.5, 0.6) is 0 Å². The second kappa shape index (κ2) is 10.1. The molecule has 2 aliphatic rings. The van der Waals surface area contributed by atoms with Gasteiger partial charge in [0.1, 0.15) is 0 Å². The van der Waals surface area contributed by atoms with E-state index in [1.165, 1.54) is 17.4 Å². The molecule has 0 radical (unpaired) electrons. The molecular formula is C18H29Cl2N3O3S. The van der Waals surface area contributed by atoms with Gasteiger partial charge in [-0.15, -0.1) is 24.8 Å². The van der Waals surface area contributed by atoms with Gasteiger partial charge in [-0.05, 0) is 43.5 Å². The van der Waals surface area contributed by atoms with E-state index in [1.54, 1.807) is 0 Å². The Balaban J connectivity index is 0.00000182. The Labute approximate surface area is 174 Å². The van der Waals surface area contributed by atoms with Gasteiger partial charge >= 0.3 is 0 Å². The van der Waals surface area contributed by atoms with Crippen molar-refractivity contribution in [2.24, 2.45) is 0 Å². The number of carbonyl (C=O) groups excluding carboxylic acids is 1. The molecule has 1 aromatic rings. The highest BCUT2D eigenvalue weighted by atomic mass is 35.5. The van der Waals surface area contributed by atoms with Crippen LogP contribution in [0.1, 0.15) is 24.0 Å². The first-order valence-corrected chi connectivity index (χ1v) is 10.8. The van der Waals surface area contributed by atoms with Gasteiger partial charge in [0, 0.05) is 32.4 Å². The highest BCUT2D eigenvalue weighted by molar-refractivity contribution is 7.92. The summed E-state index contributed by atoms with van der Waals surface area (Å²) in [6, 6.07) is 8.44. The SMILES string of the molecule is CS(=O)(=O)C1(C(=O)NCCN2CCc3ccccc3C2)CCNCC1.Cl.Cl. The Morgan fingerprint density at radius 3 is 2.44 bits per heavy atom. The number of amides is 1. The molecule has 1 amide bonds. The molecule has 0 spiro atoms. The number of nitrogens with zero attached hydrogens (tertiary/aromatic N) is 1. The first-order valence-electron chi connectivity index (χ1n) is 8.90. The smallest absolute Gasteiger partial charge is 0.241 e. The molecule has 9 heteroatoms. The molecule has 6 nitrogen and oxygen atoms in total. The van der Waals surface area contributed by atoms with Gasteiger partial charge in [-0.3, -0.25) is 9.69 Å². The van der Waals surface area contributed by atoms with E-state index < -0.39 is 14.6 Å². The molecule has 0 aliphatic carbocycles. The second-order valence-electron chi connectivity index (χ2n) is 7.07. The number of sulfone groups is 1. The molecule has 2 aliphatic heterocycles. The minimum absolute atomic E-state index is 0. The van der Waals surface area contributed by atoms with Crippen molar-refractivity contribution in [1.82, 2.24) is 15.5 Å². The highest BCUT2D eigenvalue weighted by Gasteiger charge is 2.48. The zero-order valence-electron chi connectivity index (χ0n) is 15.6. The van der Waals surface area contributed by atoms with Gasteiger partial charge < -0.3 is 10.6 Å². The van der Waals surface area contributed by atoms with Crippen molar-refractivity contribution in [3.8, 4) is 0 Å². The lowest BCUT2D eigenvalue weighted by Crippen LogP contribution is -2.57. The fraction of sp³-hybridized carbons (Fsp3) is 0.611. The lowest BCUT2D eigenvalue weighted by Gasteiger charge is -2.35. The van der Waals surface area contributed by atoms with Crippen LogP contribution in [0.15, 0.2) is 24.3 Å². The van der Waals surface area contributed by atoms with Crippen LogP contribution < -0.4 is 10.6 Å². The van der Waals surface area contributed by atoms with Crippen molar-refractivity contribution in [3.05, 3.63) is 35.4 Å². The van der Waals surface area contributed by atoms with Gasteiger partial charge in [-0.2, -0.15) is 0 Å². The summed E-state index contributed by atoms with van der Waals surface area (Å²) in [6.45, 7) is 4.18. The number of halogens is 2. The third-order valence-electron chi connectivity index (χ3n) is 5.46. The van der Waals surface area contributed by atoms with Crippen molar-refractivity contribution in [1.29, 1.82) is 0 Å². The average Bonchev–Trinajstić information content (AvgIpc) is 2.61. The van der Waals surface area contributed by atoms with Crippen molar-refractivity contribution in [2.75, 3.05) is 39.0 Å². The molecule has 0 saturated carbocycles. The number of hydrogen-bond acceptors (Lipinski definition) is 5. The topological polar surface area (TPSA) is 78.5 Å². The predicted octanol–water partition coefficient (Wildman–Crippen LogP) is 1.17. The van der Waals surface area contributed by atoms with E-state index in [0.29, 0.717) is 32.5 Å².